The molecule has 0 unspecified atom stereocenters. The van der Waals surface area contributed by atoms with Gasteiger partial charge in [0.05, 0.1) is 5.39 Å². The number of hydrogen-bond donors (Lipinski definition) is 0. The highest BCUT2D eigenvalue weighted by atomic mass is 35.5. The zero-order valence-corrected chi connectivity index (χ0v) is 15.7. The lowest BCUT2D eigenvalue weighted by molar-refractivity contribution is 0.483. The Morgan fingerprint density at radius 3 is 2.26 bits per heavy atom. The van der Waals surface area contributed by atoms with Crippen LogP contribution in [0.25, 0.3) is 21.7 Å². The predicted molar refractivity (Wildman–Crippen MR) is 104 cm³/mol. The number of benzene rings is 3. The third-order valence-corrected chi connectivity index (χ3v) is 5.79. The molecule has 3 aromatic carbocycles. The van der Waals surface area contributed by atoms with E-state index in [-0.39, 0.29) is 10.6 Å². The van der Waals surface area contributed by atoms with Gasteiger partial charge in [0.25, 0.3) is 0 Å². The normalized spacial score (nSPS) is 11.8. The molecule has 0 fully saturated rings. The number of aryl methyl sites for hydroxylation is 1. The van der Waals surface area contributed by atoms with Gasteiger partial charge in [-0.1, -0.05) is 29.8 Å². The molecule has 0 saturated heterocycles. The van der Waals surface area contributed by atoms with E-state index in [4.69, 9.17) is 20.2 Å². The molecule has 0 amide bonds. The SMILES string of the molecule is Cc1c(OS(=O)(=O)c2ccc(Cl)cc2)ccc2c1oc(=O)c1ccccc12. The average Bonchev–Trinajstić information content (AvgIpc) is 2.65. The summed E-state index contributed by atoms with van der Waals surface area (Å²) in [5, 5.41) is 2.33. The van der Waals surface area contributed by atoms with Crippen molar-refractivity contribution >= 4 is 43.5 Å². The van der Waals surface area contributed by atoms with Crippen molar-refractivity contribution in [2.75, 3.05) is 0 Å². The molecule has 136 valence electrons. The number of halogens is 1. The van der Waals surface area contributed by atoms with Crippen LogP contribution >= 0.6 is 11.6 Å². The molecule has 27 heavy (non-hydrogen) atoms. The average molecular weight is 401 g/mol. The van der Waals surface area contributed by atoms with Gasteiger partial charge in [0.2, 0.25) is 0 Å². The fourth-order valence-corrected chi connectivity index (χ4v) is 4.03. The molecule has 0 spiro atoms. The standard InChI is InChI=1S/C20H13ClO5S/c1-12-18(26-27(23,24)14-8-6-13(21)7-9-14)11-10-16-15-4-2-3-5-17(15)20(22)25-19(12)16/h2-11H,1H3. The van der Waals surface area contributed by atoms with Crippen LogP contribution in [0.15, 0.2) is 74.8 Å². The summed E-state index contributed by atoms with van der Waals surface area (Å²) in [7, 11) is -4.05. The van der Waals surface area contributed by atoms with Crippen LogP contribution in [0.4, 0.5) is 0 Å². The first-order chi connectivity index (χ1) is 12.9. The van der Waals surface area contributed by atoms with Crippen LogP contribution in [-0.4, -0.2) is 8.42 Å². The molecule has 1 aromatic heterocycles. The molecule has 0 atom stereocenters. The highest BCUT2D eigenvalue weighted by molar-refractivity contribution is 7.87. The summed E-state index contributed by atoms with van der Waals surface area (Å²) in [5.74, 6) is 0.0934. The zero-order chi connectivity index (χ0) is 19.2. The van der Waals surface area contributed by atoms with Gasteiger partial charge in [0.1, 0.15) is 16.2 Å². The maximum absolute atomic E-state index is 12.5. The van der Waals surface area contributed by atoms with Crippen molar-refractivity contribution in [3.8, 4) is 5.75 Å². The monoisotopic (exact) mass is 400 g/mol. The molecular weight excluding hydrogens is 388 g/mol. The molecule has 0 bridgehead atoms. The molecule has 4 aromatic rings. The van der Waals surface area contributed by atoms with Crippen LogP contribution in [0.1, 0.15) is 5.56 Å². The molecule has 0 N–H and O–H groups in total. The molecule has 0 aliphatic rings. The zero-order valence-electron chi connectivity index (χ0n) is 14.1. The molecule has 0 radical (unpaired) electrons. The van der Waals surface area contributed by atoms with Crippen molar-refractivity contribution in [2.24, 2.45) is 0 Å². The molecule has 0 aliphatic heterocycles. The lowest BCUT2D eigenvalue weighted by Crippen LogP contribution is -2.10. The summed E-state index contributed by atoms with van der Waals surface area (Å²) in [6.45, 7) is 1.65. The Hall–Kier alpha value is -2.83. The van der Waals surface area contributed by atoms with E-state index in [0.29, 0.717) is 26.9 Å². The van der Waals surface area contributed by atoms with Gasteiger partial charge in [-0.2, -0.15) is 8.42 Å². The quantitative estimate of drug-likeness (QED) is 0.283. The highest BCUT2D eigenvalue weighted by Gasteiger charge is 2.20. The fourth-order valence-electron chi connectivity index (χ4n) is 2.92. The molecule has 4 rings (SSSR count). The Morgan fingerprint density at radius 2 is 1.56 bits per heavy atom. The molecule has 0 aliphatic carbocycles. The number of rotatable bonds is 3. The second-order valence-corrected chi connectivity index (χ2v) is 7.97. The van der Waals surface area contributed by atoms with Crippen molar-refractivity contribution in [3.05, 3.63) is 81.7 Å². The third kappa shape index (κ3) is 3.07. The van der Waals surface area contributed by atoms with Crippen LogP contribution in [0.2, 0.25) is 5.02 Å². The van der Waals surface area contributed by atoms with E-state index in [1.807, 2.05) is 12.1 Å². The lowest BCUT2D eigenvalue weighted by Gasteiger charge is -2.11. The lowest BCUT2D eigenvalue weighted by atomic mass is 10.0. The summed E-state index contributed by atoms with van der Waals surface area (Å²) < 4.78 is 35.8. The van der Waals surface area contributed by atoms with Gasteiger partial charge in [0.15, 0.2) is 0 Å². The third-order valence-electron chi connectivity index (χ3n) is 4.29. The Morgan fingerprint density at radius 1 is 0.889 bits per heavy atom. The first-order valence-corrected chi connectivity index (χ1v) is 9.81. The van der Waals surface area contributed by atoms with E-state index in [2.05, 4.69) is 0 Å². The van der Waals surface area contributed by atoms with Crippen molar-refractivity contribution < 1.29 is 17.0 Å². The van der Waals surface area contributed by atoms with Gasteiger partial charge >= 0.3 is 15.7 Å². The highest BCUT2D eigenvalue weighted by Crippen LogP contribution is 2.32. The van der Waals surface area contributed by atoms with Crippen molar-refractivity contribution in [3.63, 3.8) is 0 Å². The Kier molecular flexibility index (Phi) is 4.17. The molecular formula is C20H13ClO5S. The van der Waals surface area contributed by atoms with Crippen LogP contribution in [0.3, 0.4) is 0 Å². The van der Waals surface area contributed by atoms with Crippen molar-refractivity contribution in [1.29, 1.82) is 0 Å². The summed E-state index contributed by atoms with van der Waals surface area (Å²) in [6.07, 6.45) is 0. The summed E-state index contributed by atoms with van der Waals surface area (Å²) in [4.78, 5) is 12.2. The van der Waals surface area contributed by atoms with Crippen LogP contribution in [0.5, 0.6) is 5.75 Å². The first-order valence-electron chi connectivity index (χ1n) is 8.02. The molecule has 5 nitrogen and oxygen atoms in total. The summed E-state index contributed by atoms with van der Waals surface area (Å²) in [5.41, 5.74) is 0.231. The maximum Gasteiger partial charge on any atom is 0.344 e. The van der Waals surface area contributed by atoms with Gasteiger partial charge in [0, 0.05) is 16.0 Å². The van der Waals surface area contributed by atoms with E-state index in [1.54, 1.807) is 31.2 Å². The molecule has 0 saturated carbocycles. The Balaban J connectivity index is 1.86. The van der Waals surface area contributed by atoms with E-state index < -0.39 is 15.7 Å². The van der Waals surface area contributed by atoms with Gasteiger partial charge in [-0.05, 0) is 54.8 Å². The van der Waals surface area contributed by atoms with Crippen LogP contribution in [-0.2, 0) is 10.1 Å². The fraction of sp³-hybridized carbons (Fsp3) is 0.0500. The van der Waals surface area contributed by atoms with E-state index >= 15 is 0 Å². The van der Waals surface area contributed by atoms with Gasteiger partial charge in [-0.25, -0.2) is 4.79 Å². The topological polar surface area (TPSA) is 73.6 Å². The minimum Gasteiger partial charge on any atom is -0.422 e. The number of hydrogen-bond acceptors (Lipinski definition) is 5. The van der Waals surface area contributed by atoms with Crippen LogP contribution < -0.4 is 9.81 Å². The van der Waals surface area contributed by atoms with Crippen molar-refractivity contribution in [2.45, 2.75) is 11.8 Å². The van der Waals surface area contributed by atoms with Crippen molar-refractivity contribution in [1.82, 2.24) is 0 Å². The summed E-state index contributed by atoms with van der Waals surface area (Å²) >= 11 is 5.80. The second-order valence-electron chi connectivity index (χ2n) is 5.99. The minimum absolute atomic E-state index is 0.0219. The van der Waals surface area contributed by atoms with E-state index in [1.165, 1.54) is 24.3 Å². The minimum atomic E-state index is -4.05. The van der Waals surface area contributed by atoms with Gasteiger partial charge in [-0.15, -0.1) is 0 Å². The molecule has 1 heterocycles. The Bertz CT molecular complexity index is 1340. The van der Waals surface area contributed by atoms with E-state index in [0.717, 1.165) is 5.39 Å². The Labute approximate surface area is 159 Å². The van der Waals surface area contributed by atoms with E-state index in [9.17, 15) is 13.2 Å². The smallest absolute Gasteiger partial charge is 0.344 e. The first kappa shape index (κ1) is 17.6. The predicted octanol–water partition coefficient (Wildman–Crippen LogP) is 4.68. The summed E-state index contributed by atoms with van der Waals surface area (Å²) in [6, 6.07) is 16.0. The largest absolute Gasteiger partial charge is 0.422 e. The van der Waals surface area contributed by atoms with Crippen LogP contribution in [0, 0.1) is 6.92 Å². The van der Waals surface area contributed by atoms with Gasteiger partial charge < -0.3 is 8.60 Å². The molecule has 7 heteroatoms. The second kappa shape index (κ2) is 6.40. The maximum atomic E-state index is 12.5. The van der Waals surface area contributed by atoms with Gasteiger partial charge in [-0.3, -0.25) is 0 Å². The number of fused-ring (bicyclic) bond motifs is 3.